The number of nitrogens with zero attached hydrogens (tertiary/aromatic N) is 3. The number of anilines is 1. The number of hydrogen-bond acceptors (Lipinski definition) is 8. The molecular weight excluding hydrogens is 474 g/mol. The van der Waals surface area contributed by atoms with Crippen molar-refractivity contribution in [3.05, 3.63) is 42.0 Å². The zero-order valence-electron chi connectivity index (χ0n) is 21.0. The molecule has 1 fully saturated rings. The lowest BCUT2D eigenvalue weighted by Crippen LogP contribution is -2.47. The summed E-state index contributed by atoms with van der Waals surface area (Å²) in [5.74, 6) is 0.584. The summed E-state index contributed by atoms with van der Waals surface area (Å²) in [4.78, 5) is 29.4. The van der Waals surface area contributed by atoms with Crippen LogP contribution in [-0.2, 0) is 22.6 Å². The summed E-state index contributed by atoms with van der Waals surface area (Å²) in [6.07, 6.45) is 2.63. The van der Waals surface area contributed by atoms with Crippen molar-refractivity contribution in [2.75, 3.05) is 50.8 Å². The number of rotatable bonds is 7. The lowest BCUT2D eigenvalue weighted by atomic mass is 10.1. The standard InChI is InChI=1S/C28H31N3O6/c1-2-3-11-31-20-6-4-8-22-24(20)19(26(31)37-28(33)27(32)36-22)10-12-29-13-15-30(16-14-29)21-7-5-9-23-25(21)35-18-17-34-23/h4-9H,2-3,10-18H2,1H3. The van der Waals surface area contributed by atoms with Crippen LogP contribution < -0.4 is 23.8 Å². The van der Waals surface area contributed by atoms with Gasteiger partial charge in [-0.1, -0.05) is 25.5 Å². The van der Waals surface area contributed by atoms with Crippen LogP contribution in [0.15, 0.2) is 36.4 Å². The summed E-state index contributed by atoms with van der Waals surface area (Å²) in [7, 11) is 0. The fourth-order valence-corrected chi connectivity index (χ4v) is 5.46. The third-order valence-corrected chi connectivity index (χ3v) is 7.33. The van der Waals surface area contributed by atoms with Crippen molar-refractivity contribution in [3.8, 4) is 23.1 Å². The van der Waals surface area contributed by atoms with Crippen LogP contribution in [0.4, 0.5) is 5.69 Å². The number of aromatic nitrogens is 1. The lowest BCUT2D eigenvalue weighted by Gasteiger charge is -2.37. The second-order valence-corrected chi connectivity index (χ2v) is 9.60. The highest BCUT2D eigenvalue weighted by Crippen LogP contribution is 2.41. The van der Waals surface area contributed by atoms with E-state index in [0.717, 1.165) is 79.2 Å². The Labute approximate surface area is 215 Å². The number of para-hydroxylation sites is 1. The van der Waals surface area contributed by atoms with E-state index in [9.17, 15) is 9.59 Å². The van der Waals surface area contributed by atoms with E-state index < -0.39 is 11.9 Å². The van der Waals surface area contributed by atoms with Crippen LogP contribution in [-0.4, -0.2) is 67.3 Å². The fourth-order valence-electron chi connectivity index (χ4n) is 5.46. The maximum Gasteiger partial charge on any atom is 0.424 e. The van der Waals surface area contributed by atoms with E-state index in [1.54, 1.807) is 6.07 Å². The van der Waals surface area contributed by atoms with Crippen LogP contribution in [0.2, 0.25) is 0 Å². The Morgan fingerprint density at radius 1 is 0.838 bits per heavy atom. The van der Waals surface area contributed by atoms with Gasteiger partial charge >= 0.3 is 11.9 Å². The molecule has 9 heteroatoms. The van der Waals surface area contributed by atoms with Crippen LogP contribution in [0.5, 0.6) is 23.1 Å². The van der Waals surface area contributed by atoms with Gasteiger partial charge in [0.15, 0.2) is 11.5 Å². The molecule has 1 saturated heterocycles. The van der Waals surface area contributed by atoms with Gasteiger partial charge in [0.05, 0.1) is 11.2 Å². The van der Waals surface area contributed by atoms with Gasteiger partial charge in [0, 0.05) is 50.2 Å². The molecule has 0 aliphatic carbocycles. The average Bonchev–Trinajstić information content (AvgIpc) is 3.23. The molecule has 0 radical (unpaired) electrons. The highest BCUT2D eigenvalue weighted by Gasteiger charge is 2.32. The number of fused-ring (bicyclic) bond motifs is 2. The van der Waals surface area contributed by atoms with E-state index in [0.29, 0.717) is 37.8 Å². The summed E-state index contributed by atoms with van der Waals surface area (Å²) in [6.45, 7) is 8.34. The predicted molar refractivity (Wildman–Crippen MR) is 138 cm³/mol. The summed E-state index contributed by atoms with van der Waals surface area (Å²) in [5, 5.41) is 0.862. The molecule has 37 heavy (non-hydrogen) atoms. The normalized spacial score (nSPS) is 17.5. The zero-order valence-corrected chi connectivity index (χ0v) is 21.0. The first-order valence-electron chi connectivity index (χ1n) is 13.1. The van der Waals surface area contributed by atoms with Gasteiger partial charge in [-0.25, -0.2) is 9.59 Å². The lowest BCUT2D eigenvalue weighted by molar-refractivity contribution is -0.156. The number of benzene rings is 2. The van der Waals surface area contributed by atoms with Crippen molar-refractivity contribution in [1.82, 2.24) is 9.47 Å². The monoisotopic (exact) mass is 505 g/mol. The Bertz CT molecular complexity index is 1340. The number of unbranched alkanes of at least 4 members (excludes halogenated alkanes) is 1. The van der Waals surface area contributed by atoms with Gasteiger partial charge in [-0.3, -0.25) is 4.90 Å². The van der Waals surface area contributed by atoms with Gasteiger partial charge in [0.25, 0.3) is 0 Å². The van der Waals surface area contributed by atoms with Gasteiger partial charge in [-0.15, -0.1) is 0 Å². The van der Waals surface area contributed by atoms with Gasteiger partial charge in [-0.05, 0) is 37.1 Å². The smallest absolute Gasteiger partial charge is 0.424 e. The number of ether oxygens (including phenoxy) is 4. The van der Waals surface area contributed by atoms with Crippen molar-refractivity contribution in [3.63, 3.8) is 0 Å². The first-order valence-corrected chi connectivity index (χ1v) is 13.1. The minimum Gasteiger partial charge on any atom is -0.486 e. The summed E-state index contributed by atoms with van der Waals surface area (Å²) < 4.78 is 24.8. The Hall–Kier alpha value is -3.72. The summed E-state index contributed by atoms with van der Waals surface area (Å²) in [6, 6.07) is 11.7. The van der Waals surface area contributed by atoms with Crippen LogP contribution in [0.25, 0.3) is 10.9 Å². The minimum absolute atomic E-state index is 0.423. The summed E-state index contributed by atoms with van der Waals surface area (Å²) in [5.41, 5.74) is 2.94. The first kappa shape index (κ1) is 23.7. The van der Waals surface area contributed by atoms with Crippen molar-refractivity contribution in [2.45, 2.75) is 32.7 Å². The largest absolute Gasteiger partial charge is 0.486 e. The van der Waals surface area contributed by atoms with Crippen molar-refractivity contribution < 1.29 is 28.5 Å². The average molecular weight is 506 g/mol. The van der Waals surface area contributed by atoms with Crippen LogP contribution in [0.3, 0.4) is 0 Å². The molecule has 3 aliphatic heterocycles. The molecule has 2 bridgehead atoms. The molecule has 2 aromatic carbocycles. The molecule has 0 saturated carbocycles. The molecule has 0 amide bonds. The van der Waals surface area contributed by atoms with Crippen molar-refractivity contribution in [2.24, 2.45) is 0 Å². The highest BCUT2D eigenvalue weighted by atomic mass is 16.6. The van der Waals surface area contributed by atoms with Crippen LogP contribution in [0, 0.1) is 0 Å². The molecule has 3 aliphatic rings. The number of piperazine rings is 1. The number of carbonyl (C=O) groups is 2. The number of esters is 2. The topological polar surface area (TPSA) is 82.5 Å². The molecule has 194 valence electrons. The molecular formula is C28H31N3O6. The Kier molecular flexibility index (Phi) is 6.38. The number of hydrogen-bond donors (Lipinski definition) is 0. The fraction of sp³-hybridized carbons (Fsp3) is 0.429. The molecule has 1 aromatic heterocycles. The first-order chi connectivity index (χ1) is 18.1. The van der Waals surface area contributed by atoms with Crippen molar-refractivity contribution in [1.29, 1.82) is 0 Å². The molecule has 0 spiro atoms. The second kappa shape index (κ2) is 9.97. The Balaban J connectivity index is 1.21. The number of carbonyl (C=O) groups excluding carboxylic acids is 2. The quantitative estimate of drug-likeness (QED) is 0.275. The van der Waals surface area contributed by atoms with E-state index in [1.165, 1.54) is 0 Å². The highest BCUT2D eigenvalue weighted by molar-refractivity contribution is 6.31. The van der Waals surface area contributed by atoms with Gasteiger partial charge in [0.2, 0.25) is 5.88 Å². The molecule has 0 unspecified atom stereocenters. The Morgan fingerprint density at radius 2 is 1.59 bits per heavy atom. The third kappa shape index (κ3) is 4.37. The maximum atomic E-state index is 12.4. The molecule has 6 rings (SSSR count). The van der Waals surface area contributed by atoms with Gasteiger partial charge < -0.3 is 28.4 Å². The summed E-state index contributed by atoms with van der Waals surface area (Å²) >= 11 is 0. The van der Waals surface area contributed by atoms with E-state index in [-0.39, 0.29) is 0 Å². The molecule has 4 heterocycles. The molecule has 3 aromatic rings. The van der Waals surface area contributed by atoms with E-state index >= 15 is 0 Å². The third-order valence-electron chi connectivity index (χ3n) is 7.33. The van der Waals surface area contributed by atoms with E-state index in [4.69, 9.17) is 18.9 Å². The number of aryl methyl sites for hydroxylation is 1. The minimum atomic E-state index is -0.985. The van der Waals surface area contributed by atoms with E-state index in [2.05, 4.69) is 22.8 Å². The molecule has 0 atom stereocenters. The van der Waals surface area contributed by atoms with Crippen LogP contribution in [0.1, 0.15) is 25.3 Å². The second-order valence-electron chi connectivity index (χ2n) is 9.60. The van der Waals surface area contributed by atoms with Gasteiger partial charge in [-0.2, -0.15) is 0 Å². The maximum absolute atomic E-state index is 12.4. The van der Waals surface area contributed by atoms with Crippen LogP contribution >= 0.6 is 0 Å². The van der Waals surface area contributed by atoms with E-state index in [1.807, 2.05) is 28.8 Å². The molecule has 0 N–H and O–H groups in total. The SMILES string of the molecule is CCCCn1c2c(CCN3CCN(c4cccc5c4OCCO5)CC3)c3c(cccc31)OC(=O)C(=O)O2. The van der Waals surface area contributed by atoms with Gasteiger partial charge in [0.1, 0.15) is 19.0 Å². The molecule has 9 nitrogen and oxygen atoms in total. The van der Waals surface area contributed by atoms with Crippen molar-refractivity contribution >= 4 is 28.5 Å². The predicted octanol–water partition coefficient (Wildman–Crippen LogP) is 3.40. The zero-order chi connectivity index (χ0) is 25.4. The Morgan fingerprint density at radius 3 is 2.43 bits per heavy atom.